The third-order valence-corrected chi connectivity index (χ3v) is 4.94. The number of guanidine groups is 1. The molecule has 1 aromatic carbocycles. The topological polar surface area (TPSA) is 81.3 Å². The van der Waals surface area contributed by atoms with Gasteiger partial charge >= 0.3 is 0 Å². The van der Waals surface area contributed by atoms with Crippen LogP contribution in [-0.2, 0) is 4.74 Å². The average Bonchev–Trinajstić information content (AvgIpc) is 2.85. The molecule has 26 heavy (non-hydrogen) atoms. The van der Waals surface area contributed by atoms with Gasteiger partial charge in [0.05, 0.1) is 19.8 Å². The van der Waals surface area contributed by atoms with Crippen molar-refractivity contribution in [1.82, 2.24) is 4.90 Å². The fourth-order valence-electron chi connectivity index (χ4n) is 3.16. The van der Waals surface area contributed by atoms with Gasteiger partial charge in [0.2, 0.25) is 0 Å². The summed E-state index contributed by atoms with van der Waals surface area (Å²) in [4.78, 5) is 6.82. The summed E-state index contributed by atoms with van der Waals surface area (Å²) in [7, 11) is 4.18. The minimum atomic E-state index is 0. The van der Waals surface area contributed by atoms with Gasteiger partial charge in [0.25, 0.3) is 0 Å². The van der Waals surface area contributed by atoms with E-state index in [0.29, 0.717) is 25.7 Å². The number of nitrogens with two attached hydrogens (primary N) is 1. The number of nitrogens with one attached hydrogen (secondary N) is 1. The van der Waals surface area contributed by atoms with Crippen LogP contribution < -0.4 is 20.5 Å². The highest BCUT2D eigenvalue weighted by atomic mass is 127. The summed E-state index contributed by atoms with van der Waals surface area (Å²) in [5.74, 6) is 1.92. The van der Waals surface area contributed by atoms with Gasteiger partial charge in [-0.15, -0.1) is 24.0 Å². The van der Waals surface area contributed by atoms with E-state index in [9.17, 15) is 0 Å². The molecule has 1 fully saturated rings. The van der Waals surface area contributed by atoms with Crippen LogP contribution in [0.3, 0.4) is 0 Å². The zero-order valence-corrected chi connectivity index (χ0v) is 17.8. The lowest BCUT2D eigenvalue weighted by Crippen LogP contribution is -2.51. The van der Waals surface area contributed by atoms with E-state index in [1.807, 2.05) is 18.2 Å². The van der Waals surface area contributed by atoms with Crippen LogP contribution in [0.15, 0.2) is 23.2 Å². The lowest BCUT2D eigenvalue weighted by Gasteiger charge is -2.41. The van der Waals surface area contributed by atoms with Crippen molar-refractivity contribution in [3.63, 3.8) is 0 Å². The van der Waals surface area contributed by atoms with Crippen molar-refractivity contribution in [3.8, 4) is 11.5 Å². The second-order valence-electron chi connectivity index (χ2n) is 6.77. The number of halogens is 1. The minimum Gasteiger partial charge on any atom is -0.490 e. The summed E-state index contributed by atoms with van der Waals surface area (Å²) in [6.45, 7) is 3.52. The quantitative estimate of drug-likeness (QED) is 0.395. The Kier molecular flexibility index (Phi) is 7.78. The van der Waals surface area contributed by atoms with Crippen LogP contribution in [-0.4, -0.2) is 63.5 Å². The Labute approximate surface area is 172 Å². The molecule has 0 saturated carbocycles. The molecule has 0 spiro atoms. The summed E-state index contributed by atoms with van der Waals surface area (Å²) < 4.78 is 16.8. The number of rotatable bonds is 4. The number of likely N-dealkylation sites (N-methyl/N-ethyl adjacent to an activating group) is 1. The molecule has 7 nitrogen and oxygen atoms in total. The van der Waals surface area contributed by atoms with Gasteiger partial charge in [0, 0.05) is 36.9 Å². The molecule has 0 atom stereocenters. The Balaban J connectivity index is 0.00000243. The molecule has 0 bridgehead atoms. The van der Waals surface area contributed by atoms with E-state index >= 15 is 0 Å². The van der Waals surface area contributed by atoms with Gasteiger partial charge in [-0.05, 0) is 39.1 Å². The first-order valence-electron chi connectivity index (χ1n) is 8.81. The van der Waals surface area contributed by atoms with Crippen molar-refractivity contribution in [3.05, 3.63) is 18.2 Å². The number of nitrogens with zero attached hydrogens (tertiary/aromatic N) is 2. The van der Waals surface area contributed by atoms with Crippen LogP contribution in [0, 0.1) is 0 Å². The first-order chi connectivity index (χ1) is 12.1. The maximum atomic E-state index is 6.11. The minimum absolute atomic E-state index is 0. The lowest BCUT2D eigenvalue weighted by atomic mass is 9.89. The second-order valence-corrected chi connectivity index (χ2v) is 6.77. The van der Waals surface area contributed by atoms with Crippen LogP contribution in [0.4, 0.5) is 5.69 Å². The molecule has 1 aromatic rings. The zero-order valence-electron chi connectivity index (χ0n) is 15.5. The number of fused-ring (bicyclic) bond motifs is 1. The summed E-state index contributed by atoms with van der Waals surface area (Å²) in [6, 6.07) is 5.72. The number of hydrogen-bond acceptors (Lipinski definition) is 5. The third-order valence-electron chi connectivity index (χ3n) is 4.94. The van der Waals surface area contributed by atoms with Gasteiger partial charge in [-0.2, -0.15) is 0 Å². The van der Waals surface area contributed by atoms with Crippen molar-refractivity contribution in [2.75, 3.05) is 52.4 Å². The van der Waals surface area contributed by atoms with Crippen LogP contribution in [0.5, 0.6) is 11.5 Å². The fraction of sp³-hybridized carbons (Fsp3) is 0.611. The van der Waals surface area contributed by atoms with Crippen molar-refractivity contribution < 1.29 is 14.2 Å². The predicted molar refractivity (Wildman–Crippen MR) is 114 cm³/mol. The molecule has 0 aromatic heterocycles. The SMILES string of the molecule is CN(C)C1(CN=C(N)Nc2ccc3c(c2)OCCCO3)CCOCC1.I. The number of anilines is 1. The predicted octanol–water partition coefficient (Wildman–Crippen LogP) is 2.30. The molecule has 1 saturated heterocycles. The number of aliphatic imine (C=N–C) groups is 1. The monoisotopic (exact) mass is 476 g/mol. The number of ether oxygens (including phenoxy) is 3. The van der Waals surface area contributed by atoms with Crippen molar-refractivity contribution >= 4 is 35.6 Å². The van der Waals surface area contributed by atoms with E-state index in [1.54, 1.807) is 0 Å². The molecule has 0 amide bonds. The standard InChI is InChI=1S/C18H28N4O3.HI/c1-22(2)18(6-10-23-11-7-18)13-20-17(19)21-14-4-5-15-16(12-14)25-9-3-8-24-15;/h4-5,12H,3,6-11,13H2,1-2H3,(H3,19,20,21);1H. The Hall–Kier alpha value is -1.26. The normalized spacial score (nSPS) is 19.4. The van der Waals surface area contributed by atoms with Crippen LogP contribution in [0.25, 0.3) is 0 Å². The fourth-order valence-corrected chi connectivity index (χ4v) is 3.16. The van der Waals surface area contributed by atoms with E-state index in [1.165, 1.54) is 0 Å². The molecule has 0 unspecified atom stereocenters. The molecular weight excluding hydrogens is 447 g/mol. The third kappa shape index (κ3) is 5.14. The molecule has 3 rings (SSSR count). The molecule has 2 heterocycles. The van der Waals surface area contributed by atoms with E-state index in [-0.39, 0.29) is 29.5 Å². The largest absolute Gasteiger partial charge is 0.490 e. The smallest absolute Gasteiger partial charge is 0.193 e. The molecule has 0 radical (unpaired) electrons. The highest BCUT2D eigenvalue weighted by molar-refractivity contribution is 14.0. The van der Waals surface area contributed by atoms with Crippen molar-refractivity contribution in [1.29, 1.82) is 0 Å². The van der Waals surface area contributed by atoms with Crippen LogP contribution in [0.1, 0.15) is 19.3 Å². The summed E-state index contributed by atoms with van der Waals surface area (Å²) in [6.07, 6.45) is 2.80. The Morgan fingerprint density at radius 3 is 2.54 bits per heavy atom. The van der Waals surface area contributed by atoms with Gasteiger partial charge in [0.1, 0.15) is 0 Å². The van der Waals surface area contributed by atoms with E-state index < -0.39 is 0 Å². The molecule has 0 aliphatic carbocycles. The molecule has 146 valence electrons. The molecular formula is C18H29IN4O3. The second kappa shape index (κ2) is 9.61. The Morgan fingerprint density at radius 1 is 1.15 bits per heavy atom. The van der Waals surface area contributed by atoms with Crippen molar-refractivity contribution in [2.24, 2.45) is 10.7 Å². The zero-order chi connectivity index (χ0) is 17.7. The molecule has 8 heteroatoms. The van der Waals surface area contributed by atoms with Gasteiger partial charge in [-0.25, -0.2) is 0 Å². The molecule has 3 N–H and O–H groups in total. The van der Waals surface area contributed by atoms with Gasteiger partial charge in [-0.1, -0.05) is 0 Å². The summed E-state index contributed by atoms with van der Waals surface area (Å²) >= 11 is 0. The first kappa shape index (κ1) is 21.0. The van der Waals surface area contributed by atoms with E-state index in [4.69, 9.17) is 19.9 Å². The maximum absolute atomic E-state index is 6.11. The summed E-state index contributed by atoms with van der Waals surface area (Å²) in [5.41, 5.74) is 6.96. The maximum Gasteiger partial charge on any atom is 0.193 e. The molecule has 2 aliphatic rings. The van der Waals surface area contributed by atoms with E-state index in [0.717, 1.165) is 49.7 Å². The van der Waals surface area contributed by atoms with Crippen LogP contribution in [0.2, 0.25) is 0 Å². The van der Waals surface area contributed by atoms with Gasteiger partial charge in [0.15, 0.2) is 17.5 Å². The Bertz CT molecular complexity index is 618. The highest BCUT2D eigenvalue weighted by Crippen LogP contribution is 2.32. The van der Waals surface area contributed by atoms with Gasteiger partial charge in [-0.3, -0.25) is 4.99 Å². The lowest BCUT2D eigenvalue weighted by molar-refractivity contribution is -0.00249. The van der Waals surface area contributed by atoms with Crippen LogP contribution >= 0.6 is 24.0 Å². The molecule has 2 aliphatic heterocycles. The average molecular weight is 476 g/mol. The Morgan fingerprint density at radius 2 is 1.85 bits per heavy atom. The number of benzene rings is 1. The summed E-state index contributed by atoms with van der Waals surface area (Å²) in [5, 5.41) is 3.15. The highest BCUT2D eigenvalue weighted by Gasteiger charge is 2.34. The van der Waals surface area contributed by atoms with E-state index in [2.05, 4.69) is 29.3 Å². The van der Waals surface area contributed by atoms with Crippen molar-refractivity contribution in [2.45, 2.75) is 24.8 Å². The first-order valence-corrected chi connectivity index (χ1v) is 8.81. The van der Waals surface area contributed by atoms with Gasteiger partial charge < -0.3 is 30.2 Å². The number of hydrogen-bond donors (Lipinski definition) is 2.